The number of hydrogen-bond acceptors (Lipinski definition) is 6. The molecule has 0 N–H and O–H groups in total. The van der Waals surface area contributed by atoms with Crippen molar-refractivity contribution < 1.29 is 19.2 Å². The first kappa shape index (κ1) is 16.3. The lowest BCUT2D eigenvalue weighted by Gasteiger charge is -2.15. The van der Waals surface area contributed by atoms with Gasteiger partial charge >= 0.3 is 5.97 Å². The van der Waals surface area contributed by atoms with Crippen LogP contribution in [0.5, 0.6) is 0 Å². The van der Waals surface area contributed by atoms with Crippen molar-refractivity contribution >= 4 is 29.1 Å². The molecule has 1 aliphatic heterocycles. The van der Waals surface area contributed by atoms with Crippen LogP contribution in [0.3, 0.4) is 0 Å². The Morgan fingerprint density at radius 2 is 1.75 bits per heavy atom. The lowest BCUT2D eigenvalue weighted by molar-refractivity contribution is -0.0581. The van der Waals surface area contributed by atoms with E-state index in [9.17, 15) is 14.4 Å². The summed E-state index contributed by atoms with van der Waals surface area (Å²) in [5.41, 5.74) is 0.503. The van der Waals surface area contributed by atoms with Crippen molar-refractivity contribution in [1.82, 2.24) is 10.0 Å². The fraction of sp³-hybridized carbons (Fsp3) is 0.294. The van der Waals surface area contributed by atoms with Crippen LogP contribution in [-0.2, 0) is 11.3 Å². The van der Waals surface area contributed by atoms with Crippen molar-refractivity contribution in [1.29, 1.82) is 0 Å². The summed E-state index contributed by atoms with van der Waals surface area (Å²) in [5.74, 6) is -2.03. The maximum absolute atomic E-state index is 12.2. The number of thiazole rings is 1. The maximum atomic E-state index is 12.2. The van der Waals surface area contributed by atoms with Crippen LogP contribution in [0.4, 0.5) is 0 Å². The number of carbonyl (C=O) groups is 3. The molecule has 3 rings (SSSR count). The molecular weight excluding hydrogens is 328 g/mol. The third kappa shape index (κ3) is 3.07. The Balaban J connectivity index is 1.75. The van der Waals surface area contributed by atoms with Gasteiger partial charge in [0.2, 0.25) is 0 Å². The lowest BCUT2D eigenvalue weighted by atomic mass is 9.93. The van der Waals surface area contributed by atoms with Gasteiger partial charge in [-0.1, -0.05) is 38.0 Å². The highest BCUT2D eigenvalue weighted by molar-refractivity contribution is 7.13. The average molecular weight is 344 g/mol. The summed E-state index contributed by atoms with van der Waals surface area (Å²) in [6.07, 6.45) is 2.13. The van der Waals surface area contributed by atoms with Gasteiger partial charge in [0, 0.05) is 6.42 Å². The van der Waals surface area contributed by atoms with Crippen molar-refractivity contribution in [2.45, 2.75) is 27.2 Å². The number of benzene rings is 1. The zero-order chi connectivity index (χ0) is 17.5. The van der Waals surface area contributed by atoms with Crippen LogP contribution in [0.15, 0.2) is 30.5 Å². The largest absolute Gasteiger partial charge is 0.375 e. The van der Waals surface area contributed by atoms with E-state index in [2.05, 4.69) is 25.8 Å². The topological polar surface area (TPSA) is 76.6 Å². The highest BCUT2D eigenvalue weighted by Crippen LogP contribution is 2.26. The second kappa shape index (κ2) is 5.83. The number of rotatable bonds is 3. The molecule has 0 aliphatic carbocycles. The molecular formula is C17H16N2O4S. The minimum Gasteiger partial charge on any atom is -0.323 e. The predicted octanol–water partition coefficient (Wildman–Crippen LogP) is 3.10. The van der Waals surface area contributed by atoms with E-state index < -0.39 is 17.8 Å². The van der Waals surface area contributed by atoms with Gasteiger partial charge in [0.15, 0.2) is 0 Å². The van der Waals surface area contributed by atoms with E-state index in [1.54, 1.807) is 12.1 Å². The normalized spacial score (nSPS) is 14.0. The van der Waals surface area contributed by atoms with Crippen LogP contribution in [0, 0.1) is 5.41 Å². The predicted molar refractivity (Wildman–Crippen MR) is 87.6 cm³/mol. The smallest absolute Gasteiger partial charge is 0.323 e. The Kier molecular flexibility index (Phi) is 3.96. The number of imide groups is 1. The van der Waals surface area contributed by atoms with Gasteiger partial charge < -0.3 is 4.84 Å². The SMILES string of the molecule is CC(C)(C)Cc1ncc(C(=O)ON2C(=O)c3ccccc3C2=O)s1. The summed E-state index contributed by atoms with van der Waals surface area (Å²) in [5, 5.41) is 1.31. The quantitative estimate of drug-likeness (QED) is 0.800. The molecule has 0 spiro atoms. The molecule has 2 amide bonds. The van der Waals surface area contributed by atoms with E-state index in [0.29, 0.717) is 5.06 Å². The zero-order valence-corrected chi connectivity index (χ0v) is 14.3. The second-order valence-corrected chi connectivity index (χ2v) is 7.80. The monoisotopic (exact) mass is 344 g/mol. The van der Waals surface area contributed by atoms with Crippen molar-refractivity contribution in [3.05, 3.63) is 51.5 Å². The Morgan fingerprint density at radius 1 is 1.17 bits per heavy atom. The molecule has 7 heteroatoms. The molecule has 0 saturated carbocycles. The molecule has 0 unspecified atom stereocenters. The van der Waals surface area contributed by atoms with Crippen molar-refractivity contribution in [3.63, 3.8) is 0 Å². The average Bonchev–Trinajstić information content (AvgIpc) is 3.05. The molecule has 6 nitrogen and oxygen atoms in total. The summed E-state index contributed by atoms with van der Waals surface area (Å²) in [7, 11) is 0. The van der Waals surface area contributed by atoms with Gasteiger partial charge in [-0.25, -0.2) is 9.78 Å². The molecule has 1 aromatic heterocycles. The Labute approximate surface area is 143 Å². The molecule has 0 radical (unpaired) electrons. The van der Waals surface area contributed by atoms with Crippen molar-refractivity contribution in [2.24, 2.45) is 5.41 Å². The third-order valence-electron chi connectivity index (χ3n) is 3.37. The number of hydrogen-bond donors (Lipinski definition) is 0. The first-order chi connectivity index (χ1) is 11.3. The maximum Gasteiger partial charge on any atom is 0.375 e. The summed E-state index contributed by atoms with van der Waals surface area (Å²) in [4.78, 5) is 46.1. The fourth-order valence-electron chi connectivity index (χ4n) is 2.32. The molecule has 2 heterocycles. The minimum absolute atomic E-state index is 0.0432. The number of hydroxylamine groups is 2. The number of aromatic nitrogens is 1. The molecule has 124 valence electrons. The van der Waals surface area contributed by atoms with Gasteiger partial charge in [-0.3, -0.25) is 9.59 Å². The van der Waals surface area contributed by atoms with Gasteiger partial charge in [0.25, 0.3) is 11.8 Å². The van der Waals surface area contributed by atoms with E-state index in [0.717, 1.165) is 11.4 Å². The van der Waals surface area contributed by atoms with Crippen LogP contribution >= 0.6 is 11.3 Å². The van der Waals surface area contributed by atoms with E-state index in [-0.39, 0.29) is 21.4 Å². The number of amides is 2. The Morgan fingerprint density at radius 3 is 2.29 bits per heavy atom. The van der Waals surface area contributed by atoms with Gasteiger partial charge in [0.05, 0.1) is 22.3 Å². The number of fused-ring (bicyclic) bond motifs is 1. The summed E-state index contributed by atoms with van der Waals surface area (Å²) in [6, 6.07) is 6.35. The molecule has 0 fully saturated rings. The molecule has 0 atom stereocenters. The summed E-state index contributed by atoms with van der Waals surface area (Å²) >= 11 is 1.20. The van der Waals surface area contributed by atoms with E-state index >= 15 is 0 Å². The molecule has 2 aromatic rings. The summed E-state index contributed by atoms with van der Waals surface area (Å²) < 4.78 is 0. The van der Waals surface area contributed by atoms with E-state index in [1.165, 1.54) is 29.7 Å². The number of nitrogens with zero attached hydrogens (tertiary/aromatic N) is 2. The highest BCUT2D eigenvalue weighted by atomic mass is 32.1. The molecule has 0 bridgehead atoms. The Bertz CT molecular complexity index is 800. The van der Waals surface area contributed by atoms with Crippen LogP contribution in [0.25, 0.3) is 0 Å². The van der Waals surface area contributed by atoms with E-state index in [4.69, 9.17) is 4.84 Å². The van der Waals surface area contributed by atoms with Gasteiger partial charge in [0.1, 0.15) is 4.88 Å². The van der Waals surface area contributed by atoms with Crippen LogP contribution < -0.4 is 0 Å². The molecule has 24 heavy (non-hydrogen) atoms. The number of carbonyl (C=O) groups excluding carboxylic acids is 3. The van der Waals surface area contributed by atoms with Crippen molar-refractivity contribution in [3.8, 4) is 0 Å². The Hall–Kier alpha value is -2.54. The van der Waals surface area contributed by atoms with Crippen LogP contribution in [-0.4, -0.2) is 27.8 Å². The lowest BCUT2D eigenvalue weighted by Crippen LogP contribution is -2.32. The minimum atomic E-state index is -0.762. The third-order valence-corrected chi connectivity index (χ3v) is 4.34. The van der Waals surface area contributed by atoms with Gasteiger partial charge in [-0.2, -0.15) is 0 Å². The molecule has 1 aliphatic rings. The first-order valence-corrected chi connectivity index (χ1v) is 8.23. The standard InChI is InChI=1S/C17H16N2O4S/c1-17(2,3)8-13-18-9-12(24-13)16(22)23-19-14(20)10-6-4-5-7-11(10)15(19)21/h4-7,9H,8H2,1-3H3. The van der Waals surface area contributed by atoms with Crippen LogP contribution in [0.2, 0.25) is 0 Å². The van der Waals surface area contributed by atoms with Gasteiger partial charge in [-0.05, 0) is 17.5 Å². The first-order valence-electron chi connectivity index (χ1n) is 7.41. The molecule has 0 saturated heterocycles. The summed E-state index contributed by atoms with van der Waals surface area (Å²) in [6.45, 7) is 6.22. The zero-order valence-electron chi connectivity index (χ0n) is 13.5. The van der Waals surface area contributed by atoms with Crippen LogP contribution in [0.1, 0.15) is 56.2 Å². The second-order valence-electron chi connectivity index (χ2n) is 6.68. The molecule has 1 aromatic carbocycles. The highest BCUT2D eigenvalue weighted by Gasteiger charge is 2.39. The van der Waals surface area contributed by atoms with Crippen molar-refractivity contribution in [2.75, 3.05) is 0 Å². The van der Waals surface area contributed by atoms with Gasteiger partial charge in [-0.15, -0.1) is 11.3 Å². The fourth-order valence-corrected chi connectivity index (χ4v) is 3.41. The van der Waals surface area contributed by atoms with E-state index in [1.807, 2.05) is 0 Å².